The minimum absolute atomic E-state index is 0.182. The van der Waals surface area contributed by atoms with E-state index >= 15 is 0 Å². The van der Waals surface area contributed by atoms with Crippen molar-refractivity contribution in [1.29, 1.82) is 0 Å². The number of amides is 1. The zero-order valence-corrected chi connectivity index (χ0v) is 20.4. The Labute approximate surface area is 198 Å². The van der Waals surface area contributed by atoms with Gasteiger partial charge in [-0.2, -0.15) is 0 Å². The lowest BCUT2D eigenvalue weighted by Crippen LogP contribution is -2.43. The van der Waals surface area contributed by atoms with Crippen molar-refractivity contribution in [2.75, 3.05) is 12.2 Å². The number of carbonyl (C=O) groups is 3. The van der Waals surface area contributed by atoms with Gasteiger partial charge in [-0.25, -0.2) is 9.59 Å². The second-order valence-corrected chi connectivity index (χ2v) is 9.93. The van der Waals surface area contributed by atoms with E-state index < -0.39 is 22.8 Å². The summed E-state index contributed by atoms with van der Waals surface area (Å²) in [7, 11) is 1.60. The molecule has 2 aromatic carbocycles. The van der Waals surface area contributed by atoms with Crippen molar-refractivity contribution >= 4 is 35.3 Å². The monoisotopic (exact) mass is 471 g/mol. The Balaban J connectivity index is 1.92. The number of ether oxygens (including phenoxy) is 2. The predicted octanol–water partition coefficient (Wildman–Crippen LogP) is 4.96. The molecule has 176 valence electrons. The summed E-state index contributed by atoms with van der Waals surface area (Å²) in [6.07, 6.45) is 1.22. The molecule has 0 aromatic heterocycles. The fraction of sp³-hybridized carbons (Fsp3) is 0.400. The third kappa shape index (κ3) is 6.28. The fourth-order valence-electron chi connectivity index (χ4n) is 3.24. The minimum Gasteiger partial charge on any atom is -0.497 e. The molecule has 1 aliphatic rings. The van der Waals surface area contributed by atoms with E-state index in [0.717, 1.165) is 21.3 Å². The summed E-state index contributed by atoms with van der Waals surface area (Å²) in [5.74, 6) is -0.636. The molecule has 0 radical (unpaired) electrons. The van der Waals surface area contributed by atoms with E-state index in [9.17, 15) is 14.4 Å². The number of carbonyl (C=O) groups excluding carboxylic acids is 3. The highest BCUT2D eigenvalue weighted by Gasteiger charge is 2.37. The van der Waals surface area contributed by atoms with Crippen molar-refractivity contribution in [2.24, 2.45) is 0 Å². The number of hydrogen-bond acceptors (Lipinski definition) is 7. The first-order valence-electron chi connectivity index (χ1n) is 10.8. The van der Waals surface area contributed by atoms with Gasteiger partial charge in [0.2, 0.25) is 0 Å². The van der Waals surface area contributed by atoms with Gasteiger partial charge >= 0.3 is 11.9 Å². The lowest BCUT2D eigenvalue weighted by Gasteiger charge is -2.32. The molecule has 0 aliphatic carbocycles. The Morgan fingerprint density at radius 3 is 2.39 bits per heavy atom. The van der Waals surface area contributed by atoms with Crippen LogP contribution in [0.1, 0.15) is 56.5 Å². The van der Waals surface area contributed by atoms with Crippen molar-refractivity contribution in [2.45, 2.75) is 62.7 Å². The van der Waals surface area contributed by atoms with E-state index in [-0.39, 0.29) is 17.9 Å². The van der Waals surface area contributed by atoms with Crippen molar-refractivity contribution in [3.05, 3.63) is 53.6 Å². The van der Waals surface area contributed by atoms with Crippen LogP contribution in [0, 0.1) is 0 Å². The Kier molecular flexibility index (Phi) is 7.68. The van der Waals surface area contributed by atoms with E-state index in [0.29, 0.717) is 18.5 Å². The van der Waals surface area contributed by atoms with E-state index in [1.807, 2.05) is 31.2 Å². The molecule has 1 amide bonds. The van der Waals surface area contributed by atoms with Gasteiger partial charge in [0, 0.05) is 11.3 Å². The SMILES string of the molecule is CCCC(=O)ON1C(=O)C(Cc2ccc(OC)cc2)Sc2ccc(C(=O)OC(C)(C)C)cc21. The summed E-state index contributed by atoms with van der Waals surface area (Å²) in [4.78, 5) is 44.4. The second-order valence-electron chi connectivity index (χ2n) is 8.69. The first-order chi connectivity index (χ1) is 15.6. The highest BCUT2D eigenvalue weighted by molar-refractivity contribution is 8.01. The molecule has 0 fully saturated rings. The smallest absolute Gasteiger partial charge is 0.338 e. The van der Waals surface area contributed by atoms with Crippen molar-refractivity contribution in [3.8, 4) is 5.75 Å². The zero-order valence-electron chi connectivity index (χ0n) is 19.5. The third-order valence-electron chi connectivity index (χ3n) is 4.78. The molecular weight excluding hydrogens is 442 g/mol. The number of anilines is 1. The molecule has 1 heterocycles. The van der Waals surface area contributed by atoms with Crippen LogP contribution < -0.4 is 9.80 Å². The number of fused-ring (bicyclic) bond motifs is 1. The van der Waals surface area contributed by atoms with Gasteiger partial charge in [0.15, 0.2) is 0 Å². The average Bonchev–Trinajstić information content (AvgIpc) is 2.76. The van der Waals surface area contributed by atoms with Crippen LogP contribution in [0.25, 0.3) is 0 Å². The van der Waals surface area contributed by atoms with Crippen LogP contribution in [-0.2, 0) is 25.6 Å². The molecule has 8 heteroatoms. The van der Waals surface area contributed by atoms with E-state index in [4.69, 9.17) is 14.3 Å². The van der Waals surface area contributed by atoms with Gasteiger partial charge < -0.3 is 14.3 Å². The molecule has 3 rings (SSSR count). The summed E-state index contributed by atoms with van der Waals surface area (Å²) in [5.41, 5.74) is 0.940. The molecule has 1 aliphatic heterocycles. The molecule has 0 saturated carbocycles. The quantitative estimate of drug-likeness (QED) is 0.528. The van der Waals surface area contributed by atoms with Crippen molar-refractivity contribution < 1.29 is 28.7 Å². The number of thioether (sulfide) groups is 1. The number of esters is 1. The minimum atomic E-state index is -0.658. The molecule has 1 unspecified atom stereocenters. The lowest BCUT2D eigenvalue weighted by molar-refractivity contribution is -0.150. The molecule has 0 bridgehead atoms. The van der Waals surface area contributed by atoms with E-state index in [2.05, 4.69) is 0 Å². The van der Waals surface area contributed by atoms with Gasteiger partial charge in [-0.1, -0.05) is 19.1 Å². The standard InChI is InChI=1S/C25H29NO6S/c1-6-7-22(27)32-26-19-15-17(24(29)31-25(2,3)4)10-13-20(19)33-21(23(26)28)14-16-8-11-18(30-5)12-9-16/h8-13,15,21H,6-7,14H2,1-5H3. The number of nitrogens with zero attached hydrogens (tertiary/aromatic N) is 1. The van der Waals surface area contributed by atoms with Crippen molar-refractivity contribution in [1.82, 2.24) is 0 Å². The molecule has 1 atom stereocenters. The molecular formula is C25H29NO6S. The van der Waals surface area contributed by atoms with Crippen LogP contribution in [0.15, 0.2) is 47.4 Å². The topological polar surface area (TPSA) is 82.1 Å². The number of methoxy groups -OCH3 is 1. The lowest BCUT2D eigenvalue weighted by atomic mass is 10.1. The maximum Gasteiger partial charge on any atom is 0.338 e. The van der Waals surface area contributed by atoms with E-state index in [1.165, 1.54) is 17.8 Å². The summed E-state index contributed by atoms with van der Waals surface area (Å²) < 4.78 is 10.6. The molecule has 7 nitrogen and oxygen atoms in total. The Hall–Kier alpha value is -3.00. The van der Waals surface area contributed by atoms with Gasteiger partial charge in [0.25, 0.3) is 5.91 Å². The van der Waals surface area contributed by atoms with Crippen LogP contribution >= 0.6 is 11.8 Å². The van der Waals surface area contributed by atoms with Gasteiger partial charge in [0.1, 0.15) is 11.4 Å². The predicted molar refractivity (Wildman–Crippen MR) is 126 cm³/mol. The molecule has 33 heavy (non-hydrogen) atoms. The number of hydrogen-bond donors (Lipinski definition) is 0. The van der Waals surface area contributed by atoms with Crippen LogP contribution in [0.5, 0.6) is 5.75 Å². The summed E-state index contributed by atoms with van der Waals surface area (Å²) >= 11 is 1.38. The Morgan fingerprint density at radius 2 is 1.79 bits per heavy atom. The average molecular weight is 472 g/mol. The van der Waals surface area contributed by atoms with Crippen LogP contribution in [0.3, 0.4) is 0 Å². The highest BCUT2D eigenvalue weighted by Crippen LogP contribution is 2.41. The summed E-state index contributed by atoms with van der Waals surface area (Å²) in [6.45, 7) is 7.21. The fourth-order valence-corrected chi connectivity index (χ4v) is 4.43. The van der Waals surface area contributed by atoms with E-state index in [1.54, 1.807) is 40.0 Å². The van der Waals surface area contributed by atoms with Gasteiger partial charge in [-0.15, -0.1) is 16.8 Å². The summed E-state index contributed by atoms with van der Waals surface area (Å²) in [6, 6.07) is 12.4. The van der Waals surface area contributed by atoms with Gasteiger partial charge in [-0.3, -0.25) is 4.79 Å². The largest absolute Gasteiger partial charge is 0.497 e. The van der Waals surface area contributed by atoms with Crippen molar-refractivity contribution in [3.63, 3.8) is 0 Å². The maximum absolute atomic E-state index is 13.4. The second kappa shape index (κ2) is 10.3. The van der Waals surface area contributed by atoms with Gasteiger partial charge in [-0.05, 0) is 69.5 Å². The Bertz CT molecular complexity index is 1030. The number of benzene rings is 2. The Morgan fingerprint density at radius 1 is 1.09 bits per heavy atom. The van der Waals surface area contributed by atoms with Gasteiger partial charge in [0.05, 0.1) is 23.6 Å². The molecule has 2 aromatic rings. The van der Waals surface area contributed by atoms with Crippen LogP contribution in [-0.4, -0.2) is 35.8 Å². The highest BCUT2D eigenvalue weighted by atomic mass is 32.2. The maximum atomic E-state index is 13.4. The number of rotatable bonds is 7. The molecule has 0 N–H and O–H groups in total. The summed E-state index contributed by atoms with van der Waals surface area (Å²) in [5, 5.41) is 0.541. The first-order valence-corrected chi connectivity index (χ1v) is 11.7. The number of hydroxylamine groups is 1. The third-order valence-corrected chi connectivity index (χ3v) is 6.04. The molecule has 0 spiro atoms. The molecule has 0 saturated heterocycles. The van der Waals surface area contributed by atoms with Crippen LogP contribution in [0.2, 0.25) is 0 Å². The zero-order chi connectivity index (χ0) is 24.2. The first kappa shape index (κ1) is 24.6. The van der Waals surface area contributed by atoms with Crippen LogP contribution in [0.4, 0.5) is 5.69 Å². The normalized spacial score (nSPS) is 15.6.